The molecule has 0 atom stereocenters. The molecule has 36 heavy (non-hydrogen) atoms. The summed E-state index contributed by atoms with van der Waals surface area (Å²) < 4.78 is 10.5. The third-order valence-electron chi connectivity index (χ3n) is 5.99. The first-order valence-electron chi connectivity index (χ1n) is 13.7. The molecule has 5 heteroatoms. The molecule has 3 heterocycles. The van der Waals surface area contributed by atoms with Crippen molar-refractivity contribution < 1.29 is 14.3 Å². The van der Waals surface area contributed by atoms with Gasteiger partial charge < -0.3 is 19.3 Å². The van der Waals surface area contributed by atoms with Gasteiger partial charge in [0.05, 0.1) is 0 Å². The normalized spacial score (nSPS) is 15.7. The third kappa shape index (κ3) is 14.1. The van der Waals surface area contributed by atoms with Crippen molar-refractivity contribution in [2.75, 3.05) is 33.0 Å². The highest BCUT2D eigenvalue weighted by Crippen LogP contribution is 2.33. The molecule has 5 nitrogen and oxygen atoms in total. The van der Waals surface area contributed by atoms with E-state index in [-0.39, 0.29) is 14.9 Å². The molecule has 0 spiro atoms. The predicted molar refractivity (Wildman–Crippen MR) is 157 cm³/mol. The fourth-order valence-corrected chi connectivity index (χ4v) is 4.24. The van der Waals surface area contributed by atoms with E-state index in [1.54, 1.807) is 0 Å². The summed E-state index contributed by atoms with van der Waals surface area (Å²) in [5.41, 5.74) is 1.32. The SMILES string of the molecule is C.C.CC.CC(C)CC(=O)N1CCCC1.CC(C)Cc1ccc2c(c1)OCO2.CC(C)N1CCCC1. The second kappa shape index (κ2) is 20.3. The zero-order chi connectivity index (χ0) is 25.5. The maximum absolute atomic E-state index is 11.4. The van der Waals surface area contributed by atoms with E-state index in [9.17, 15) is 4.79 Å². The van der Waals surface area contributed by atoms with Gasteiger partial charge in [-0.25, -0.2) is 0 Å². The number of benzene rings is 1. The Hall–Kier alpha value is -1.75. The Morgan fingerprint density at radius 1 is 0.806 bits per heavy atom. The summed E-state index contributed by atoms with van der Waals surface area (Å²) in [6, 6.07) is 6.94. The Morgan fingerprint density at radius 3 is 1.81 bits per heavy atom. The van der Waals surface area contributed by atoms with Crippen molar-refractivity contribution in [3.05, 3.63) is 23.8 Å². The van der Waals surface area contributed by atoms with Crippen LogP contribution in [0.15, 0.2) is 18.2 Å². The summed E-state index contributed by atoms with van der Waals surface area (Å²) in [4.78, 5) is 15.9. The summed E-state index contributed by atoms with van der Waals surface area (Å²) in [6.07, 6.45) is 7.04. The zero-order valence-corrected chi connectivity index (χ0v) is 23.4. The molecular formula is C31H60N2O3. The van der Waals surface area contributed by atoms with Gasteiger partial charge in [-0.1, -0.05) is 62.5 Å². The highest BCUT2D eigenvalue weighted by molar-refractivity contribution is 5.76. The molecule has 212 valence electrons. The standard InChI is InChI=1S/C11H14O2.C9H17NO.C7H15N.C2H6.2CH4/c1-8(2)5-9-3-4-10-11(6-9)13-7-12-10;1-8(2)7-9(11)10-5-3-4-6-10;1-7(2)8-5-3-4-6-8;1-2;;/h3-4,6,8H,5,7H2,1-2H3;8H,3-7H2,1-2H3;7H,3-6H2,1-2H3;1-2H3;2*1H4. The number of carbonyl (C=O) groups excluding carboxylic acids is 1. The summed E-state index contributed by atoms with van der Waals surface area (Å²) in [5, 5.41) is 0. The van der Waals surface area contributed by atoms with Crippen molar-refractivity contribution in [1.82, 2.24) is 9.80 Å². The van der Waals surface area contributed by atoms with Crippen molar-refractivity contribution in [3.8, 4) is 11.5 Å². The smallest absolute Gasteiger partial charge is 0.231 e. The minimum atomic E-state index is 0. The molecule has 0 aliphatic carbocycles. The quantitative estimate of drug-likeness (QED) is 0.403. The monoisotopic (exact) mass is 508 g/mol. The Balaban J connectivity index is 0. The van der Waals surface area contributed by atoms with Crippen LogP contribution in [-0.4, -0.2) is 54.7 Å². The number of carbonyl (C=O) groups is 1. The van der Waals surface area contributed by atoms with Gasteiger partial charge in [0, 0.05) is 25.6 Å². The van der Waals surface area contributed by atoms with Crippen LogP contribution in [0.1, 0.15) is 108 Å². The van der Waals surface area contributed by atoms with Gasteiger partial charge in [0.2, 0.25) is 12.7 Å². The Bertz CT molecular complexity index is 676. The lowest BCUT2D eigenvalue weighted by Gasteiger charge is -2.18. The minimum Gasteiger partial charge on any atom is -0.454 e. The third-order valence-corrected chi connectivity index (χ3v) is 5.99. The predicted octanol–water partition coefficient (Wildman–Crippen LogP) is 8.06. The fraction of sp³-hybridized carbons (Fsp3) is 0.774. The first-order chi connectivity index (χ1) is 16.3. The molecule has 2 saturated heterocycles. The number of hydrogen-bond donors (Lipinski definition) is 0. The molecule has 0 bridgehead atoms. The largest absolute Gasteiger partial charge is 0.454 e. The molecule has 0 N–H and O–H groups in total. The van der Waals surface area contributed by atoms with E-state index in [1.165, 1.54) is 44.3 Å². The molecule has 1 aromatic carbocycles. The lowest BCUT2D eigenvalue weighted by atomic mass is 10.0. The lowest BCUT2D eigenvalue weighted by molar-refractivity contribution is -0.130. The molecule has 0 aromatic heterocycles. The fourth-order valence-electron chi connectivity index (χ4n) is 4.24. The second-order valence-electron chi connectivity index (χ2n) is 10.3. The highest BCUT2D eigenvalue weighted by Gasteiger charge is 2.18. The Kier molecular flexibility index (Phi) is 20.6. The first kappa shape index (κ1) is 36.4. The van der Waals surface area contributed by atoms with Crippen LogP contribution in [0.3, 0.4) is 0 Å². The highest BCUT2D eigenvalue weighted by atomic mass is 16.7. The van der Waals surface area contributed by atoms with Gasteiger partial charge in [-0.2, -0.15) is 0 Å². The van der Waals surface area contributed by atoms with Crippen LogP contribution in [0.2, 0.25) is 0 Å². The summed E-state index contributed by atoms with van der Waals surface area (Å²) in [7, 11) is 0. The molecule has 4 rings (SSSR count). The molecule has 2 fully saturated rings. The number of hydrogen-bond acceptors (Lipinski definition) is 4. The molecule has 0 radical (unpaired) electrons. The summed E-state index contributed by atoms with van der Waals surface area (Å²) in [6.45, 7) is 22.2. The van der Waals surface area contributed by atoms with Crippen LogP contribution in [0, 0.1) is 11.8 Å². The van der Waals surface area contributed by atoms with Gasteiger partial charge in [-0.05, 0) is 88.6 Å². The number of rotatable bonds is 5. The molecular weight excluding hydrogens is 448 g/mol. The molecule has 0 unspecified atom stereocenters. The van der Waals surface area contributed by atoms with Crippen molar-refractivity contribution in [1.29, 1.82) is 0 Å². The van der Waals surface area contributed by atoms with Crippen LogP contribution in [0.5, 0.6) is 11.5 Å². The van der Waals surface area contributed by atoms with E-state index in [1.807, 2.05) is 24.8 Å². The number of fused-ring (bicyclic) bond motifs is 1. The van der Waals surface area contributed by atoms with Crippen LogP contribution in [0.25, 0.3) is 0 Å². The maximum atomic E-state index is 11.4. The Labute approximate surface area is 224 Å². The number of nitrogens with zero attached hydrogens (tertiary/aromatic N) is 2. The van der Waals surface area contributed by atoms with Crippen molar-refractivity contribution in [2.45, 2.75) is 115 Å². The van der Waals surface area contributed by atoms with Gasteiger partial charge in [0.25, 0.3) is 0 Å². The lowest BCUT2D eigenvalue weighted by Crippen LogP contribution is -2.28. The molecule has 3 aliphatic heterocycles. The van der Waals surface area contributed by atoms with Crippen LogP contribution >= 0.6 is 0 Å². The van der Waals surface area contributed by atoms with E-state index in [0.717, 1.165) is 43.5 Å². The average molecular weight is 509 g/mol. The van der Waals surface area contributed by atoms with Crippen molar-refractivity contribution >= 4 is 5.91 Å². The minimum absolute atomic E-state index is 0. The van der Waals surface area contributed by atoms with Crippen LogP contribution in [0.4, 0.5) is 0 Å². The average Bonchev–Trinajstić information content (AvgIpc) is 3.57. The Morgan fingerprint density at radius 2 is 1.33 bits per heavy atom. The van der Waals surface area contributed by atoms with Crippen LogP contribution in [-0.2, 0) is 11.2 Å². The van der Waals surface area contributed by atoms with E-state index in [2.05, 4.69) is 58.6 Å². The van der Waals surface area contributed by atoms with E-state index in [0.29, 0.717) is 24.5 Å². The van der Waals surface area contributed by atoms with E-state index < -0.39 is 0 Å². The van der Waals surface area contributed by atoms with Gasteiger partial charge in [-0.3, -0.25) is 4.79 Å². The van der Waals surface area contributed by atoms with Gasteiger partial charge in [0.1, 0.15) is 0 Å². The number of ether oxygens (including phenoxy) is 2. The van der Waals surface area contributed by atoms with E-state index in [4.69, 9.17) is 9.47 Å². The zero-order valence-electron chi connectivity index (χ0n) is 23.4. The van der Waals surface area contributed by atoms with Gasteiger partial charge >= 0.3 is 0 Å². The van der Waals surface area contributed by atoms with Gasteiger partial charge in [-0.15, -0.1) is 0 Å². The summed E-state index contributed by atoms with van der Waals surface area (Å²) >= 11 is 0. The van der Waals surface area contributed by atoms with Crippen LogP contribution < -0.4 is 9.47 Å². The number of amides is 1. The molecule has 1 amide bonds. The van der Waals surface area contributed by atoms with Crippen molar-refractivity contribution in [3.63, 3.8) is 0 Å². The topological polar surface area (TPSA) is 42.0 Å². The second-order valence-corrected chi connectivity index (χ2v) is 10.3. The maximum Gasteiger partial charge on any atom is 0.231 e. The summed E-state index contributed by atoms with van der Waals surface area (Å²) in [5.74, 6) is 3.28. The molecule has 1 aromatic rings. The molecule has 3 aliphatic rings. The number of likely N-dealkylation sites (tertiary alicyclic amines) is 2. The molecule has 0 saturated carbocycles. The first-order valence-corrected chi connectivity index (χ1v) is 13.7. The van der Waals surface area contributed by atoms with E-state index >= 15 is 0 Å². The van der Waals surface area contributed by atoms with Gasteiger partial charge in [0.15, 0.2) is 11.5 Å². The van der Waals surface area contributed by atoms with Crippen molar-refractivity contribution in [2.24, 2.45) is 11.8 Å².